The van der Waals surface area contributed by atoms with Gasteiger partial charge in [-0.05, 0) is 30.2 Å². The zero-order valence-corrected chi connectivity index (χ0v) is 13.5. The van der Waals surface area contributed by atoms with E-state index in [1.165, 1.54) is 0 Å². The summed E-state index contributed by atoms with van der Waals surface area (Å²) in [7, 11) is 1.67. The van der Waals surface area contributed by atoms with Gasteiger partial charge in [-0.25, -0.2) is 5.84 Å². The molecule has 2 rings (SSSR count). The van der Waals surface area contributed by atoms with Crippen LogP contribution in [0.25, 0.3) is 0 Å². The molecule has 5 nitrogen and oxygen atoms in total. The van der Waals surface area contributed by atoms with Crippen LogP contribution in [0.15, 0.2) is 48.5 Å². The Morgan fingerprint density at radius 3 is 2.52 bits per heavy atom. The molecule has 1 unspecified atom stereocenters. The lowest BCUT2D eigenvalue weighted by molar-refractivity contribution is -0.124. The molecule has 0 saturated carbocycles. The van der Waals surface area contributed by atoms with E-state index >= 15 is 0 Å². The molecule has 0 aliphatic rings. The summed E-state index contributed by atoms with van der Waals surface area (Å²) >= 11 is 0. The average Bonchev–Trinajstić information content (AvgIpc) is 2.60. The summed E-state index contributed by atoms with van der Waals surface area (Å²) in [6.07, 6.45) is 0.663. The normalized spacial score (nSPS) is 11.6. The van der Waals surface area contributed by atoms with Crippen LogP contribution in [0.2, 0.25) is 0 Å². The van der Waals surface area contributed by atoms with Crippen molar-refractivity contribution in [3.63, 3.8) is 0 Å². The fourth-order valence-corrected chi connectivity index (χ4v) is 2.39. The van der Waals surface area contributed by atoms with Crippen LogP contribution >= 0.6 is 0 Å². The first-order valence-electron chi connectivity index (χ1n) is 7.59. The van der Waals surface area contributed by atoms with Crippen molar-refractivity contribution < 1.29 is 9.53 Å². The summed E-state index contributed by atoms with van der Waals surface area (Å²) in [6, 6.07) is 16.0. The third-order valence-corrected chi connectivity index (χ3v) is 3.76. The molecule has 5 heteroatoms. The van der Waals surface area contributed by atoms with E-state index in [0.717, 1.165) is 22.6 Å². The Morgan fingerprint density at radius 2 is 1.87 bits per heavy atom. The van der Waals surface area contributed by atoms with Crippen molar-refractivity contribution >= 4 is 11.6 Å². The van der Waals surface area contributed by atoms with Crippen LogP contribution in [0.1, 0.15) is 18.1 Å². The van der Waals surface area contributed by atoms with E-state index in [2.05, 4.69) is 10.7 Å². The number of anilines is 1. The van der Waals surface area contributed by atoms with Crippen LogP contribution < -0.4 is 21.3 Å². The summed E-state index contributed by atoms with van der Waals surface area (Å²) in [5.74, 6) is 5.73. The van der Waals surface area contributed by atoms with Gasteiger partial charge in [0, 0.05) is 23.7 Å². The Hall–Kier alpha value is -2.53. The number of ether oxygens (including phenoxy) is 1. The van der Waals surface area contributed by atoms with Crippen molar-refractivity contribution in [2.75, 3.05) is 12.4 Å². The summed E-state index contributed by atoms with van der Waals surface area (Å²) in [6.45, 7) is 2.55. The van der Waals surface area contributed by atoms with Gasteiger partial charge in [-0.1, -0.05) is 37.3 Å². The summed E-state index contributed by atoms with van der Waals surface area (Å²) in [5.41, 5.74) is 5.41. The molecule has 1 atom stereocenters. The third-order valence-electron chi connectivity index (χ3n) is 3.76. The smallest absolute Gasteiger partial charge is 0.237 e. The lowest BCUT2D eigenvalue weighted by atomic mass is 10.0. The fraction of sp³-hybridized carbons (Fsp3) is 0.278. The molecule has 0 fully saturated rings. The molecular formula is C18H23N3O2. The first kappa shape index (κ1) is 16.8. The van der Waals surface area contributed by atoms with Crippen LogP contribution in [0.4, 0.5) is 5.69 Å². The van der Waals surface area contributed by atoms with E-state index in [-0.39, 0.29) is 11.8 Å². The molecule has 0 aromatic heterocycles. The van der Waals surface area contributed by atoms with E-state index in [4.69, 9.17) is 10.6 Å². The van der Waals surface area contributed by atoms with Crippen molar-refractivity contribution in [1.29, 1.82) is 0 Å². The molecule has 122 valence electrons. The molecule has 23 heavy (non-hydrogen) atoms. The van der Waals surface area contributed by atoms with Gasteiger partial charge in [0.1, 0.15) is 5.75 Å². The zero-order chi connectivity index (χ0) is 16.7. The molecule has 0 saturated heterocycles. The van der Waals surface area contributed by atoms with Crippen molar-refractivity contribution in [3.05, 3.63) is 59.7 Å². The number of rotatable bonds is 7. The second-order valence-electron chi connectivity index (χ2n) is 5.48. The Bertz CT molecular complexity index is 641. The number of amides is 1. The Labute approximate surface area is 136 Å². The van der Waals surface area contributed by atoms with Gasteiger partial charge in [0.05, 0.1) is 7.11 Å². The number of hydrogen-bond donors (Lipinski definition) is 3. The molecule has 0 aliphatic carbocycles. The number of carbonyl (C=O) groups excluding carboxylic acids is 1. The van der Waals surface area contributed by atoms with Crippen molar-refractivity contribution in [3.8, 4) is 5.75 Å². The second-order valence-corrected chi connectivity index (χ2v) is 5.48. The minimum atomic E-state index is -0.150. The predicted molar refractivity (Wildman–Crippen MR) is 92.0 cm³/mol. The molecular weight excluding hydrogens is 290 g/mol. The summed E-state index contributed by atoms with van der Waals surface area (Å²) in [4.78, 5) is 11.4. The molecule has 0 heterocycles. The maximum Gasteiger partial charge on any atom is 0.237 e. The number of carbonyl (C=O) groups is 1. The largest absolute Gasteiger partial charge is 0.496 e. The third kappa shape index (κ3) is 4.72. The van der Waals surface area contributed by atoms with E-state index < -0.39 is 0 Å². The lowest BCUT2D eigenvalue weighted by Gasteiger charge is -2.12. The van der Waals surface area contributed by atoms with E-state index in [1.54, 1.807) is 7.11 Å². The van der Waals surface area contributed by atoms with E-state index in [9.17, 15) is 4.79 Å². The molecule has 4 N–H and O–H groups in total. The Kier molecular flexibility index (Phi) is 6.00. The summed E-state index contributed by atoms with van der Waals surface area (Å²) < 4.78 is 5.34. The predicted octanol–water partition coefficient (Wildman–Crippen LogP) is 2.48. The molecule has 0 bridgehead atoms. The van der Waals surface area contributed by atoms with Crippen LogP contribution in [0.3, 0.4) is 0 Å². The maximum atomic E-state index is 11.4. The number of hydrogen-bond acceptors (Lipinski definition) is 4. The molecule has 0 radical (unpaired) electrons. The van der Waals surface area contributed by atoms with Crippen molar-refractivity contribution in [1.82, 2.24) is 5.43 Å². The van der Waals surface area contributed by atoms with Gasteiger partial charge in [0.15, 0.2) is 0 Å². The number of hydrazine groups is 1. The van der Waals surface area contributed by atoms with Crippen LogP contribution in [0.5, 0.6) is 5.75 Å². The number of nitrogens with one attached hydrogen (secondary N) is 2. The molecule has 2 aromatic carbocycles. The lowest BCUT2D eigenvalue weighted by Crippen LogP contribution is -2.35. The monoisotopic (exact) mass is 313 g/mol. The molecule has 2 aromatic rings. The average molecular weight is 313 g/mol. The van der Waals surface area contributed by atoms with Crippen molar-refractivity contribution in [2.24, 2.45) is 11.8 Å². The van der Waals surface area contributed by atoms with Gasteiger partial charge in [-0.3, -0.25) is 10.2 Å². The van der Waals surface area contributed by atoms with Gasteiger partial charge in [0.2, 0.25) is 5.91 Å². The SMILES string of the molecule is COc1ccccc1CNc1ccc(CC(C)C(=O)NN)cc1. The van der Waals surface area contributed by atoms with E-state index in [1.807, 2.05) is 55.5 Å². The topological polar surface area (TPSA) is 76.4 Å². The highest BCUT2D eigenvalue weighted by atomic mass is 16.5. The van der Waals surface area contributed by atoms with Gasteiger partial charge in [0.25, 0.3) is 0 Å². The highest BCUT2D eigenvalue weighted by Gasteiger charge is 2.11. The minimum absolute atomic E-state index is 0.146. The fourth-order valence-electron chi connectivity index (χ4n) is 2.39. The van der Waals surface area contributed by atoms with Crippen molar-refractivity contribution in [2.45, 2.75) is 19.9 Å². The van der Waals surface area contributed by atoms with Crippen LogP contribution in [-0.2, 0) is 17.8 Å². The standard InChI is InChI=1S/C18H23N3O2/c1-13(18(22)21-19)11-14-7-9-16(10-8-14)20-12-15-5-3-4-6-17(15)23-2/h3-10,13,20H,11-12,19H2,1-2H3,(H,21,22). The molecule has 0 aliphatic heterocycles. The number of methoxy groups -OCH3 is 1. The summed E-state index contributed by atoms with van der Waals surface area (Å²) in [5, 5.41) is 3.37. The molecule has 1 amide bonds. The Balaban J connectivity index is 1.94. The first-order chi connectivity index (χ1) is 11.1. The second kappa shape index (κ2) is 8.19. The quantitative estimate of drug-likeness (QED) is 0.417. The van der Waals surface area contributed by atoms with Crippen LogP contribution in [-0.4, -0.2) is 13.0 Å². The number of benzene rings is 2. The zero-order valence-electron chi connectivity index (χ0n) is 13.5. The molecule has 0 spiro atoms. The van der Waals surface area contributed by atoms with Gasteiger partial charge < -0.3 is 10.1 Å². The van der Waals surface area contributed by atoms with Gasteiger partial charge >= 0.3 is 0 Å². The van der Waals surface area contributed by atoms with Crippen LogP contribution in [0, 0.1) is 5.92 Å². The van der Waals surface area contributed by atoms with E-state index in [0.29, 0.717) is 13.0 Å². The van der Waals surface area contributed by atoms with Gasteiger partial charge in [-0.15, -0.1) is 0 Å². The number of nitrogens with two attached hydrogens (primary N) is 1. The van der Waals surface area contributed by atoms with Gasteiger partial charge in [-0.2, -0.15) is 0 Å². The number of para-hydroxylation sites is 1. The first-order valence-corrected chi connectivity index (χ1v) is 7.59. The highest BCUT2D eigenvalue weighted by Crippen LogP contribution is 2.19. The Morgan fingerprint density at radius 1 is 1.17 bits per heavy atom. The highest BCUT2D eigenvalue weighted by molar-refractivity contribution is 5.77. The maximum absolute atomic E-state index is 11.4. The minimum Gasteiger partial charge on any atom is -0.496 e.